The molecule has 1 aliphatic rings. The van der Waals surface area contributed by atoms with Crippen LogP contribution in [0.5, 0.6) is 0 Å². The van der Waals surface area contributed by atoms with E-state index in [9.17, 15) is 19.2 Å². The van der Waals surface area contributed by atoms with Crippen LogP contribution in [-0.4, -0.2) is 53.1 Å². The van der Waals surface area contributed by atoms with Crippen molar-refractivity contribution in [1.82, 2.24) is 14.8 Å². The summed E-state index contributed by atoms with van der Waals surface area (Å²) in [7, 11) is 0. The number of anilines is 1. The van der Waals surface area contributed by atoms with E-state index in [1.807, 2.05) is 6.92 Å². The number of carbonyl (C=O) groups is 3. The standard InChI is InChI=1S/C23H28N4O5/c1-3-32-23(31)26-12-9-19(10-13-26)25-22(30)17-4-6-18(7-5-17)24-20(28)15-27-11-8-16(2)14-21(27)29/h4-8,11,14,19H,3,9-10,12-13,15H2,1-2H3,(H,24,28)(H,25,30). The highest BCUT2D eigenvalue weighted by atomic mass is 16.6. The van der Waals surface area contributed by atoms with Crippen molar-refractivity contribution in [2.45, 2.75) is 39.3 Å². The van der Waals surface area contributed by atoms with Gasteiger partial charge in [0.25, 0.3) is 11.5 Å². The molecule has 2 N–H and O–H groups in total. The molecule has 3 amide bonds. The van der Waals surface area contributed by atoms with Crippen LogP contribution >= 0.6 is 0 Å². The predicted octanol–water partition coefficient (Wildman–Crippen LogP) is 2.15. The Morgan fingerprint density at radius 1 is 1.09 bits per heavy atom. The number of benzene rings is 1. The van der Waals surface area contributed by atoms with Gasteiger partial charge < -0.3 is 24.8 Å². The number of hydrogen-bond acceptors (Lipinski definition) is 5. The fourth-order valence-corrected chi connectivity index (χ4v) is 3.49. The van der Waals surface area contributed by atoms with Crippen LogP contribution in [0.25, 0.3) is 0 Å². The normalized spacial score (nSPS) is 14.0. The second-order valence-corrected chi connectivity index (χ2v) is 7.73. The molecular weight excluding hydrogens is 412 g/mol. The number of pyridine rings is 1. The molecule has 2 aromatic rings. The van der Waals surface area contributed by atoms with Crippen LogP contribution in [0.15, 0.2) is 47.4 Å². The fourth-order valence-electron chi connectivity index (χ4n) is 3.49. The molecule has 0 unspecified atom stereocenters. The number of aromatic nitrogens is 1. The Labute approximate surface area is 186 Å². The molecule has 1 aromatic carbocycles. The minimum Gasteiger partial charge on any atom is -0.450 e. The largest absolute Gasteiger partial charge is 0.450 e. The summed E-state index contributed by atoms with van der Waals surface area (Å²) in [5.41, 5.74) is 1.62. The lowest BCUT2D eigenvalue weighted by Gasteiger charge is -2.31. The molecule has 9 nitrogen and oxygen atoms in total. The van der Waals surface area contributed by atoms with Gasteiger partial charge in [0.1, 0.15) is 6.54 Å². The first-order chi connectivity index (χ1) is 15.4. The van der Waals surface area contributed by atoms with Gasteiger partial charge in [-0.1, -0.05) is 0 Å². The molecular formula is C23H28N4O5. The van der Waals surface area contributed by atoms with Gasteiger partial charge in [-0.15, -0.1) is 0 Å². The number of likely N-dealkylation sites (tertiary alicyclic amines) is 1. The average molecular weight is 441 g/mol. The minimum atomic E-state index is -0.332. The Morgan fingerprint density at radius 2 is 1.78 bits per heavy atom. The van der Waals surface area contributed by atoms with E-state index in [1.165, 1.54) is 10.6 Å². The van der Waals surface area contributed by atoms with E-state index < -0.39 is 0 Å². The molecule has 1 saturated heterocycles. The maximum atomic E-state index is 12.5. The van der Waals surface area contributed by atoms with Crippen LogP contribution < -0.4 is 16.2 Å². The second-order valence-electron chi connectivity index (χ2n) is 7.73. The Kier molecular flexibility index (Phi) is 7.64. The Hall–Kier alpha value is -3.62. The van der Waals surface area contributed by atoms with E-state index in [2.05, 4.69) is 10.6 Å². The summed E-state index contributed by atoms with van der Waals surface area (Å²) in [5.74, 6) is -0.537. The second kappa shape index (κ2) is 10.6. The lowest BCUT2D eigenvalue weighted by molar-refractivity contribution is -0.116. The molecule has 0 spiro atoms. The fraction of sp³-hybridized carbons (Fsp3) is 0.391. The molecule has 32 heavy (non-hydrogen) atoms. The predicted molar refractivity (Wildman–Crippen MR) is 120 cm³/mol. The highest BCUT2D eigenvalue weighted by Crippen LogP contribution is 2.14. The molecule has 1 fully saturated rings. The zero-order chi connectivity index (χ0) is 23.1. The Balaban J connectivity index is 1.48. The van der Waals surface area contributed by atoms with Crippen LogP contribution in [0.3, 0.4) is 0 Å². The third-order valence-electron chi connectivity index (χ3n) is 5.25. The van der Waals surface area contributed by atoms with Crippen molar-refractivity contribution in [3.8, 4) is 0 Å². The number of nitrogens with one attached hydrogen (secondary N) is 2. The summed E-state index contributed by atoms with van der Waals surface area (Å²) >= 11 is 0. The third-order valence-corrected chi connectivity index (χ3v) is 5.25. The highest BCUT2D eigenvalue weighted by Gasteiger charge is 2.24. The first-order valence-corrected chi connectivity index (χ1v) is 10.6. The molecule has 9 heteroatoms. The summed E-state index contributed by atoms with van der Waals surface area (Å²) in [4.78, 5) is 50.1. The van der Waals surface area contributed by atoms with Gasteiger partial charge in [0.2, 0.25) is 5.91 Å². The van der Waals surface area contributed by atoms with Crippen molar-refractivity contribution in [2.75, 3.05) is 25.0 Å². The van der Waals surface area contributed by atoms with Crippen molar-refractivity contribution < 1.29 is 19.1 Å². The lowest BCUT2D eigenvalue weighted by Crippen LogP contribution is -2.46. The smallest absolute Gasteiger partial charge is 0.409 e. The summed E-state index contributed by atoms with van der Waals surface area (Å²) in [6.45, 7) is 4.92. The summed E-state index contributed by atoms with van der Waals surface area (Å²) in [6.07, 6.45) is 2.60. The van der Waals surface area contributed by atoms with Gasteiger partial charge in [-0.05, 0) is 62.6 Å². The Bertz CT molecular complexity index is 1020. The van der Waals surface area contributed by atoms with Crippen molar-refractivity contribution >= 4 is 23.6 Å². The van der Waals surface area contributed by atoms with Gasteiger partial charge in [0.05, 0.1) is 6.61 Å². The number of rotatable bonds is 6. The number of piperidine rings is 1. The number of hydrogen-bond donors (Lipinski definition) is 2. The molecule has 0 saturated carbocycles. The van der Waals surface area contributed by atoms with Crippen molar-refractivity contribution in [3.63, 3.8) is 0 Å². The van der Waals surface area contributed by atoms with E-state index in [4.69, 9.17) is 4.74 Å². The SMILES string of the molecule is CCOC(=O)N1CCC(NC(=O)c2ccc(NC(=O)Cn3ccc(C)cc3=O)cc2)CC1. The maximum absolute atomic E-state index is 12.5. The highest BCUT2D eigenvalue weighted by molar-refractivity contribution is 5.96. The third kappa shape index (κ3) is 6.19. The van der Waals surface area contributed by atoms with E-state index in [1.54, 1.807) is 48.4 Å². The van der Waals surface area contributed by atoms with Crippen molar-refractivity contribution in [2.24, 2.45) is 0 Å². The summed E-state index contributed by atoms with van der Waals surface area (Å²) in [6, 6.07) is 9.79. The van der Waals surface area contributed by atoms with E-state index in [-0.39, 0.29) is 36.1 Å². The molecule has 0 aliphatic carbocycles. The monoisotopic (exact) mass is 440 g/mol. The van der Waals surface area contributed by atoms with Gasteiger partial charge in [-0.3, -0.25) is 14.4 Å². The maximum Gasteiger partial charge on any atom is 0.409 e. The molecule has 170 valence electrons. The number of nitrogens with zero attached hydrogens (tertiary/aromatic N) is 2. The summed E-state index contributed by atoms with van der Waals surface area (Å²) in [5, 5.41) is 5.71. The molecule has 2 heterocycles. The molecule has 0 bridgehead atoms. The van der Waals surface area contributed by atoms with Gasteiger partial charge in [-0.25, -0.2) is 4.79 Å². The van der Waals surface area contributed by atoms with Crippen LogP contribution in [0.4, 0.5) is 10.5 Å². The van der Waals surface area contributed by atoms with Gasteiger partial charge in [0.15, 0.2) is 0 Å². The number of ether oxygens (including phenoxy) is 1. The molecule has 1 aromatic heterocycles. The zero-order valence-corrected chi connectivity index (χ0v) is 18.3. The van der Waals surface area contributed by atoms with Crippen LogP contribution in [0, 0.1) is 6.92 Å². The molecule has 0 radical (unpaired) electrons. The average Bonchev–Trinajstić information content (AvgIpc) is 2.77. The van der Waals surface area contributed by atoms with E-state index >= 15 is 0 Å². The molecule has 0 atom stereocenters. The molecule has 1 aliphatic heterocycles. The quantitative estimate of drug-likeness (QED) is 0.715. The van der Waals surface area contributed by atoms with Crippen LogP contribution in [0.1, 0.15) is 35.7 Å². The van der Waals surface area contributed by atoms with E-state index in [0.29, 0.717) is 43.8 Å². The number of aryl methyl sites for hydroxylation is 1. The molecule has 3 rings (SSSR count). The van der Waals surface area contributed by atoms with Crippen molar-refractivity contribution in [3.05, 3.63) is 64.1 Å². The minimum absolute atomic E-state index is 0.0135. The number of amides is 3. The van der Waals surface area contributed by atoms with Crippen molar-refractivity contribution in [1.29, 1.82) is 0 Å². The topological polar surface area (TPSA) is 110 Å². The van der Waals surface area contributed by atoms with E-state index in [0.717, 1.165) is 5.56 Å². The van der Waals surface area contributed by atoms with Gasteiger partial charge in [-0.2, -0.15) is 0 Å². The van der Waals surface area contributed by atoms with Crippen LogP contribution in [-0.2, 0) is 16.1 Å². The van der Waals surface area contributed by atoms with Gasteiger partial charge >= 0.3 is 6.09 Å². The zero-order valence-electron chi connectivity index (χ0n) is 18.3. The lowest BCUT2D eigenvalue weighted by atomic mass is 10.0. The first kappa shape index (κ1) is 23.1. The first-order valence-electron chi connectivity index (χ1n) is 10.6. The Morgan fingerprint density at radius 3 is 2.41 bits per heavy atom. The summed E-state index contributed by atoms with van der Waals surface area (Å²) < 4.78 is 6.33. The van der Waals surface area contributed by atoms with Crippen LogP contribution in [0.2, 0.25) is 0 Å². The number of carbonyl (C=O) groups excluding carboxylic acids is 3. The van der Waals surface area contributed by atoms with Gasteiger partial charge in [0, 0.05) is 42.6 Å².